The third-order valence-corrected chi connectivity index (χ3v) is 7.51. The lowest BCUT2D eigenvalue weighted by atomic mass is 10.0. The maximum absolute atomic E-state index is 9.43. The van der Waals surface area contributed by atoms with Crippen LogP contribution in [0.4, 0.5) is 11.5 Å². The van der Waals surface area contributed by atoms with Gasteiger partial charge >= 0.3 is 6.01 Å². The first kappa shape index (κ1) is 23.7. The Bertz CT molecular complexity index is 1270. The first-order valence-electron chi connectivity index (χ1n) is 12.2. The quantitative estimate of drug-likeness (QED) is 0.514. The maximum atomic E-state index is 9.43. The van der Waals surface area contributed by atoms with Crippen LogP contribution >= 0.6 is 11.6 Å². The van der Waals surface area contributed by atoms with E-state index in [9.17, 15) is 5.26 Å². The first-order chi connectivity index (χ1) is 17.0. The predicted octanol–water partition coefficient (Wildman–Crippen LogP) is 4.67. The van der Waals surface area contributed by atoms with Crippen LogP contribution in [0.2, 0.25) is 5.02 Å². The van der Waals surface area contributed by atoms with Gasteiger partial charge in [0.25, 0.3) is 0 Å². The maximum Gasteiger partial charge on any atom is 0.318 e. The van der Waals surface area contributed by atoms with E-state index in [1.807, 2.05) is 12.1 Å². The van der Waals surface area contributed by atoms with Gasteiger partial charge in [-0.15, -0.1) is 0 Å². The van der Waals surface area contributed by atoms with Gasteiger partial charge in [0.05, 0.1) is 36.9 Å². The summed E-state index contributed by atoms with van der Waals surface area (Å²) in [4.78, 5) is 16.7. The van der Waals surface area contributed by atoms with Gasteiger partial charge in [-0.2, -0.15) is 15.2 Å². The van der Waals surface area contributed by atoms with Gasteiger partial charge in [0.15, 0.2) is 0 Å². The smallest absolute Gasteiger partial charge is 0.318 e. The highest BCUT2D eigenvalue weighted by Crippen LogP contribution is 2.37. The van der Waals surface area contributed by atoms with Crippen molar-refractivity contribution >= 4 is 33.9 Å². The number of nitriles is 1. The van der Waals surface area contributed by atoms with Crippen molar-refractivity contribution in [1.82, 2.24) is 14.9 Å². The van der Waals surface area contributed by atoms with Crippen LogP contribution in [0, 0.1) is 11.3 Å². The summed E-state index contributed by atoms with van der Waals surface area (Å²) in [6, 6.07) is 15.7. The lowest BCUT2D eigenvalue weighted by Gasteiger charge is -2.44. The van der Waals surface area contributed by atoms with Gasteiger partial charge in [-0.25, -0.2) is 0 Å². The first-order valence-corrected chi connectivity index (χ1v) is 12.6. The van der Waals surface area contributed by atoms with Crippen molar-refractivity contribution in [3.63, 3.8) is 0 Å². The van der Waals surface area contributed by atoms with Gasteiger partial charge in [-0.05, 0) is 37.8 Å². The summed E-state index contributed by atoms with van der Waals surface area (Å²) in [6.07, 6.45) is 1.34. The molecule has 0 bridgehead atoms. The van der Waals surface area contributed by atoms with Gasteiger partial charge in [0, 0.05) is 54.9 Å². The van der Waals surface area contributed by atoms with Crippen LogP contribution < -0.4 is 14.5 Å². The Hall–Kier alpha value is -3.08. The zero-order valence-electron chi connectivity index (χ0n) is 20.5. The molecular weight excluding hydrogens is 460 g/mol. The SMILES string of the molecule is COc1nc2c(c(N3CCN(C(C)C)[C@H](CC#N)C3)n1)CCN(c1cccc3cccc(Cl)c13)C2. The van der Waals surface area contributed by atoms with E-state index < -0.39 is 0 Å². The standard InChI is InChI=1S/C27H31ClN6O/c1-18(2)34-15-14-33(16-20(34)10-12-29)26-21-11-13-32(17-23(21)30-27(31-26)35-3)24-9-5-7-19-6-4-8-22(28)25(19)24/h4-9,18,20H,10-11,13-17H2,1-3H3/t20-/m1/s1. The van der Waals surface area contributed by atoms with E-state index in [1.54, 1.807) is 7.11 Å². The number of hydrogen-bond donors (Lipinski definition) is 0. The minimum absolute atomic E-state index is 0.184. The summed E-state index contributed by atoms with van der Waals surface area (Å²) in [6.45, 7) is 8.47. The zero-order valence-corrected chi connectivity index (χ0v) is 21.3. The molecule has 1 saturated heterocycles. The Labute approximate surface area is 211 Å². The summed E-state index contributed by atoms with van der Waals surface area (Å²) in [5, 5.41) is 12.4. The summed E-state index contributed by atoms with van der Waals surface area (Å²) >= 11 is 6.62. The van der Waals surface area contributed by atoms with Crippen LogP contribution in [0.3, 0.4) is 0 Å². The molecule has 0 radical (unpaired) electrons. The molecule has 1 atom stereocenters. The Morgan fingerprint density at radius 2 is 1.91 bits per heavy atom. The Morgan fingerprint density at radius 3 is 2.66 bits per heavy atom. The molecule has 3 aromatic rings. The number of fused-ring (bicyclic) bond motifs is 2. The average Bonchev–Trinajstić information content (AvgIpc) is 2.87. The molecule has 3 heterocycles. The van der Waals surface area contributed by atoms with Crippen LogP contribution in [0.15, 0.2) is 36.4 Å². The van der Waals surface area contributed by atoms with E-state index in [0.29, 0.717) is 25.0 Å². The van der Waals surface area contributed by atoms with Gasteiger partial charge in [0.1, 0.15) is 5.82 Å². The molecule has 0 spiro atoms. The number of rotatable bonds is 5. The molecule has 2 aliphatic heterocycles. The molecule has 0 amide bonds. The van der Waals surface area contributed by atoms with Gasteiger partial charge in [-0.3, -0.25) is 4.90 Å². The molecule has 35 heavy (non-hydrogen) atoms. The number of methoxy groups -OCH3 is 1. The molecule has 0 unspecified atom stereocenters. The van der Waals surface area contributed by atoms with Gasteiger partial charge < -0.3 is 14.5 Å². The Morgan fingerprint density at radius 1 is 1.11 bits per heavy atom. The number of piperazine rings is 1. The lowest BCUT2D eigenvalue weighted by molar-refractivity contribution is 0.138. The molecular formula is C27H31ClN6O. The third kappa shape index (κ3) is 4.49. The molecule has 182 valence electrons. The lowest BCUT2D eigenvalue weighted by Crippen LogP contribution is -2.55. The molecule has 1 aromatic heterocycles. The number of halogens is 1. The van der Waals surface area contributed by atoms with E-state index >= 15 is 0 Å². The van der Waals surface area contributed by atoms with E-state index in [4.69, 9.17) is 26.3 Å². The largest absolute Gasteiger partial charge is 0.467 e. The van der Waals surface area contributed by atoms with Crippen molar-refractivity contribution in [2.24, 2.45) is 0 Å². The molecule has 7 nitrogen and oxygen atoms in total. The Kier molecular flexibility index (Phi) is 6.68. The van der Waals surface area contributed by atoms with Crippen LogP contribution in [0.25, 0.3) is 10.8 Å². The van der Waals surface area contributed by atoms with Crippen molar-refractivity contribution in [3.8, 4) is 12.1 Å². The summed E-state index contributed by atoms with van der Waals surface area (Å²) in [5.41, 5.74) is 3.30. The molecule has 0 N–H and O–H groups in total. The highest BCUT2D eigenvalue weighted by atomic mass is 35.5. The van der Waals surface area contributed by atoms with Crippen molar-refractivity contribution in [2.75, 3.05) is 43.1 Å². The van der Waals surface area contributed by atoms with E-state index in [0.717, 1.165) is 65.6 Å². The van der Waals surface area contributed by atoms with Crippen molar-refractivity contribution in [2.45, 2.75) is 45.3 Å². The summed E-state index contributed by atoms with van der Waals surface area (Å²) < 4.78 is 5.52. The van der Waals surface area contributed by atoms with E-state index in [-0.39, 0.29) is 6.04 Å². The number of benzene rings is 2. The van der Waals surface area contributed by atoms with Crippen molar-refractivity contribution in [1.29, 1.82) is 5.26 Å². The van der Waals surface area contributed by atoms with Crippen LogP contribution in [-0.2, 0) is 13.0 Å². The molecule has 5 rings (SSSR count). The Balaban J connectivity index is 1.49. The second-order valence-electron chi connectivity index (χ2n) is 9.54. The van der Waals surface area contributed by atoms with Gasteiger partial charge in [-0.1, -0.05) is 35.9 Å². The van der Waals surface area contributed by atoms with Crippen LogP contribution in [0.1, 0.15) is 31.5 Å². The molecule has 1 fully saturated rings. The number of ether oxygens (including phenoxy) is 1. The molecule has 2 aromatic carbocycles. The zero-order chi connectivity index (χ0) is 24.5. The fraction of sp³-hybridized carbons (Fsp3) is 0.444. The average molecular weight is 491 g/mol. The molecule has 0 saturated carbocycles. The van der Waals surface area contributed by atoms with Crippen molar-refractivity contribution in [3.05, 3.63) is 52.7 Å². The predicted molar refractivity (Wildman–Crippen MR) is 140 cm³/mol. The van der Waals surface area contributed by atoms with E-state index in [1.165, 1.54) is 5.56 Å². The topological polar surface area (TPSA) is 68.5 Å². The summed E-state index contributed by atoms with van der Waals surface area (Å²) in [7, 11) is 1.62. The summed E-state index contributed by atoms with van der Waals surface area (Å²) in [5.74, 6) is 0.953. The third-order valence-electron chi connectivity index (χ3n) is 7.20. The highest BCUT2D eigenvalue weighted by Gasteiger charge is 2.32. The fourth-order valence-corrected chi connectivity index (χ4v) is 5.79. The number of nitrogens with zero attached hydrogens (tertiary/aromatic N) is 6. The molecule has 2 aliphatic rings. The van der Waals surface area contributed by atoms with Crippen LogP contribution in [0.5, 0.6) is 6.01 Å². The number of aromatic nitrogens is 2. The van der Waals surface area contributed by atoms with E-state index in [2.05, 4.69) is 58.9 Å². The van der Waals surface area contributed by atoms with Crippen LogP contribution in [-0.4, -0.2) is 60.2 Å². The minimum atomic E-state index is 0.184. The second-order valence-corrected chi connectivity index (χ2v) is 9.95. The number of anilines is 2. The minimum Gasteiger partial charge on any atom is -0.467 e. The van der Waals surface area contributed by atoms with Gasteiger partial charge in [0.2, 0.25) is 0 Å². The van der Waals surface area contributed by atoms with Crippen molar-refractivity contribution < 1.29 is 4.74 Å². The fourth-order valence-electron chi connectivity index (χ4n) is 5.52. The molecule has 0 aliphatic carbocycles. The highest BCUT2D eigenvalue weighted by molar-refractivity contribution is 6.36. The second kappa shape index (κ2) is 9.88. The monoisotopic (exact) mass is 490 g/mol. The molecule has 8 heteroatoms. The normalized spacial score (nSPS) is 18.6. The number of hydrogen-bond acceptors (Lipinski definition) is 7.